The van der Waals surface area contributed by atoms with Crippen molar-refractivity contribution < 1.29 is 13.9 Å². The number of nitrogens with zero attached hydrogens (tertiary/aromatic N) is 2. The van der Waals surface area contributed by atoms with Crippen molar-refractivity contribution in [1.82, 2.24) is 9.88 Å². The Morgan fingerprint density at radius 1 is 1.33 bits per heavy atom. The lowest BCUT2D eigenvalue weighted by molar-refractivity contribution is 0.111. The quantitative estimate of drug-likeness (QED) is 0.907. The van der Waals surface area contributed by atoms with Crippen LogP contribution in [0, 0.1) is 5.82 Å². The summed E-state index contributed by atoms with van der Waals surface area (Å²) in [5.41, 5.74) is 7.63. The second-order valence-electron chi connectivity index (χ2n) is 5.66. The molecule has 2 amide bonds. The van der Waals surface area contributed by atoms with Crippen molar-refractivity contribution in [3.63, 3.8) is 0 Å². The van der Waals surface area contributed by atoms with Gasteiger partial charge >= 0.3 is 6.03 Å². The second kappa shape index (κ2) is 6.84. The molecule has 1 fully saturated rings. The van der Waals surface area contributed by atoms with Gasteiger partial charge in [0.1, 0.15) is 5.82 Å². The zero-order chi connectivity index (χ0) is 17.1. The Morgan fingerprint density at radius 2 is 2.08 bits per heavy atom. The lowest BCUT2D eigenvalue weighted by Crippen LogP contribution is -2.34. The van der Waals surface area contributed by atoms with E-state index in [4.69, 9.17) is 10.5 Å². The lowest BCUT2D eigenvalue weighted by Gasteiger charge is -2.17. The Balaban J connectivity index is 1.77. The van der Waals surface area contributed by atoms with Crippen LogP contribution in [0.3, 0.4) is 0 Å². The molecule has 7 heteroatoms. The van der Waals surface area contributed by atoms with Crippen LogP contribution in [0.1, 0.15) is 6.42 Å². The first-order valence-corrected chi connectivity index (χ1v) is 7.68. The zero-order valence-electron chi connectivity index (χ0n) is 13.3. The molecule has 1 atom stereocenters. The smallest absolute Gasteiger partial charge is 0.323 e. The first kappa shape index (κ1) is 16.2. The fraction of sp³-hybridized carbons (Fsp3) is 0.294. The highest BCUT2D eigenvalue weighted by Gasteiger charge is 2.26. The molecule has 0 radical (unpaired) electrons. The van der Waals surface area contributed by atoms with Crippen molar-refractivity contribution in [3.05, 3.63) is 42.2 Å². The molecule has 2 heterocycles. The molecule has 1 unspecified atom stereocenters. The number of nitrogens with two attached hydrogens (primary N) is 1. The highest BCUT2D eigenvalue weighted by Crippen LogP contribution is 2.24. The highest BCUT2D eigenvalue weighted by molar-refractivity contribution is 5.92. The van der Waals surface area contributed by atoms with E-state index in [-0.39, 0.29) is 18.0 Å². The number of halogens is 1. The molecule has 3 N–H and O–H groups in total. The van der Waals surface area contributed by atoms with Gasteiger partial charge < -0.3 is 15.4 Å². The van der Waals surface area contributed by atoms with E-state index in [9.17, 15) is 9.18 Å². The number of benzene rings is 1. The number of pyridine rings is 1. The summed E-state index contributed by atoms with van der Waals surface area (Å²) in [6.07, 6.45) is 0.870. The molecule has 1 saturated heterocycles. The van der Waals surface area contributed by atoms with Gasteiger partial charge in [0.25, 0.3) is 0 Å². The van der Waals surface area contributed by atoms with Gasteiger partial charge in [-0.15, -0.1) is 0 Å². The van der Waals surface area contributed by atoms with Gasteiger partial charge in [-0.25, -0.2) is 14.2 Å². The van der Waals surface area contributed by atoms with Crippen LogP contribution in [0.2, 0.25) is 0 Å². The molecule has 1 aliphatic heterocycles. The number of carbonyl (C=O) groups excluding carboxylic acids is 1. The predicted molar refractivity (Wildman–Crippen MR) is 90.0 cm³/mol. The average Bonchev–Trinajstić information content (AvgIpc) is 3.07. The number of hydrogen-bond acceptors (Lipinski definition) is 4. The van der Waals surface area contributed by atoms with Crippen molar-refractivity contribution in [2.45, 2.75) is 12.5 Å². The summed E-state index contributed by atoms with van der Waals surface area (Å²) in [5.74, 6) is -0.0212. The van der Waals surface area contributed by atoms with E-state index < -0.39 is 0 Å². The molecule has 6 nitrogen and oxygen atoms in total. The lowest BCUT2D eigenvalue weighted by atomic mass is 10.1. The van der Waals surface area contributed by atoms with Crippen molar-refractivity contribution in [1.29, 1.82) is 0 Å². The summed E-state index contributed by atoms with van der Waals surface area (Å²) in [6.45, 7) is 1.17. The molecular weight excluding hydrogens is 311 g/mol. The van der Waals surface area contributed by atoms with Crippen molar-refractivity contribution in [2.24, 2.45) is 0 Å². The summed E-state index contributed by atoms with van der Waals surface area (Å²) in [6, 6.07) is 9.12. The number of methoxy groups -OCH3 is 1. The summed E-state index contributed by atoms with van der Waals surface area (Å²) in [4.78, 5) is 18.4. The van der Waals surface area contributed by atoms with E-state index >= 15 is 0 Å². The molecule has 1 aromatic heterocycles. The van der Waals surface area contributed by atoms with E-state index in [2.05, 4.69) is 10.3 Å². The normalized spacial score (nSPS) is 17.1. The van der Waals surface area contributed by atoms with Gasteiger partial charge in [0.2, 0.25) is 0 Å². The fourth-order valence-electron chi connectivity index (χ4n) is 2.64. The van der Waals surface area contributed by atoms with Gasteiger partial charge in [-0.2, -0.15) is 0 Å². The minimum absolute atomic E-state index is 0.0617. The van der Waals surface area contributed by atoms with Crippen molar-refractivity contribution in [3.8, 4) is 11.3 Å². The fourth-order valence-corrected chi connectivity index (χ4v) is 2.64. The number of hydrogen-bond donors (Lipinski definition) is 2. The van der Waals surface area contributed by atoms with Crippen molar-refractivity contribution in [2.75, 3.05) is 31.2 Å². The Morgan fingerprint density at radius 3 is 2.75 bits per heavy atom. The maximum absolute atomic E-state index is 13.0. The third-order valence-electron chi connectivity index (χ3n) is 4.06. The van der Waals surface area contributed by atoms with Crippen LogP contribution in [-0.4, -0.2) is 42.2 Å². The van der Waals surface area contributed by atoms with E-state index in [1.54, 1.807) is 36.3 Å². The number of aromatic nitrogens is 1. The number of nitrogens with one attached hydrogen (secondary N) is 1. The minimum atomic E-state index is -0.315. The van der Waals surface area contributed by atoms with Crippen LogP contribution in [0.25, 0.3) is 11.3 Å². The summed E-state index contributed by atoms with van der Waals surface area (Å²) < 4.78 is 18.3. The van der Waals surface area contributed by atoms with Crippen molar-refractivity contribution >= 4 is 17.5 Å². The Labute approximate surface area is 139 Å². The largest absolute Gasteiger partial charge is 0.396 e. The molecule has 1 aromatic carbocycles. The molecule has 126 valence electrons. The number of carbonyl (C=O) groups is 1. The first-order valence-electron chi connectivity index (χ1n) is 7.68. The molecule has 1 aliphatic rings. The van der Waals surface area contributed by atoms with E-state index in [1.165, 1.54) is 12.1 Å². The van der Waals surface area contributed by atoms with Crippen LogP contribution < -0.4 is 11.1 Å². The van der Waals surface area contributed by atoms with E-state index in [1.807, 2.05) is 0 Å². The number of nitrogen functional groups attached to an aromatic ring is 1. The summed E-state index contributed by atoms with van der Waals surface area (Å²) >= 11 is 0. The first-order chi connectivity index (χ1) is 11.6. The van der Waals surface area contributed by atoms with Gasteiger partial charge in [0, 0.05) is 25.8 Å². The minimum Gasteiger partial charge on any atom is -0.396 e. The topological polar surface area (TPSA) is 80.5 Å². The standard InChI is InChI=1S/C17H19FN4O2/c1-24-13-8-9-22(10-13)17(23)21-16-14(19)6-7-15(20-16)11-2-4-12(18)5-3-11/h2-7,13H,8-10,19H2,1H3,(H,20,21,23). The zero-order valence-corrected chi connectivity index (χ0v) is 13.3. The number of likely N-dealkylation sites (tertiary alicyclic amines) is 1. The van der Waals surface area contributed by atoms with Crippen LogP contribution in [-0.2, 0) is 4.74 Å². The van der Waals surface area contributed by atoms with Gasteiger partial charge in [0.15, 0.2) is 5.82 Å². The summed E-state index contributed by atoms with van der Waals surface area (Å²) in [5, 5.41) is 2.74. The number of amides is 2. The molecule has 2 aromatic rings. The predicted octanol–water partition coefficient (Wildman–Crippen LogP) is 2.72. The molecule has 0 spiro atoms. The summed E-state index contributed by atoms with van der Waals surface area (Å²) in [7, 11) is 1.64. The Kier molecular flexibility index (Phi) is 4.61. The maximum atomic E-state index is 13.0. The highest BCUT2D eigenvalue weighted by atomic mass is 19.1. The monoisotopic (exact) mass is 330 g/mol. The van der Waals surface area contributed by atoms with Crippen LogP contribution in [0.5, 0.6) is 0 Å². The Hall–Kier alpha value is -2.67. The third kappa shape index (κ3) is 3.46. The van der Waals surface area contributed by atoms with Gasteiger partial charge in [-0.3, -0.25) is 5.32 Å². The van der Waals surface area contributed by atoms with E-state index in [0.29, 0.717) is 30.3 Å². The number of rotatable bonds is 3. The Bertz CT molecular complexity index is 736. The average molecular weight is 330 g/mol. The van der Waals surface area contributed by atoms with Crippen LogP contribution >= 0.6 is 0 Å². The third-order valence-corrected chi connectivity index (χ3v) is 4.06. The number of ether oxygens (including phenoxy) is 1. The molecule has 0 bridgehead atoms. The molecule has 24 heavy (non-hydrogen) atoms. The molecular formula is C17H19FN4O2. The molecule has 0 saturated carbocycles. The number of anilines is 2. The van der Waals surface area contributed by atoms with Gasteiger partial charge in [0.05, 0.1) is 17.5 Å². The molecule has 0 aliphatic carbocycles. The number of urea groups is 1. The SMILES string of the molecule is COC1CCN(C(=O)Nc2nc(-c3ccc(F)cc3)ccc2N)C1. The maximum Gasteiger partial charge on any atom is 0.323 e. The molecule has 3 rings (SSSR count). The van der Waals surface area contributed by atoms with E-state index in [0.717, 1.165) is 12.0 Å². The van der Waals surface area contributed by atoms with Gasteiger partial charge in [-0.1, -0.05) is 0 Å². The van der Waals surface area contributed by atoms with Crippen LogP contribution in [0.4, 0.5) is 20.7 Å². The van der Waals surface area contributed by atoms with Crippen LogP contribution in [0.15, 0.2) is 36.4 Å². The second-order valence-corrected chi connectivity index (χ2v) is 5.66. The van der Waals surface area contributed by atoms with Gasteiger partial charge in [-0.05, 0) is 42.8 Å².